The number of piperidine rings is 1. The van der Waals surface area contributed by atoms with Gasteiger partial charge in [-0.3, -0.25) is 9.78 Å². The Labute approximate surface area is 156 Å². The minimum absolute atomic E-state index is 0.0338. The zero-order valence-corrected chi connectivity index (χ0v) is 16.2. The van der Waals surface area contributed by atoms with Crippen LogP contribution in [0.3, 0.4) is 0 Å². The quantitative estimate of drug-likeness (QED) is 0.858. The average Bonchev–Trinajstić information content (AvgIpc) is 2.61. The summed E-state index contributed by atoms with van der Waals surface area (Å²) in [5.74, 6) is 0.570. The maximum absolute atomic E-state index is 12.8. The second-order valence-corrected chi connectivity index (χ2v) is 8.37. The van der Waals surface area contributed by atoms with Crippen LogP contribution in [0.5, 0.6) is 0 Å². The number of pyridine rings is 1. The van der Waals surface area contributed by atoms with Crippen molar-refractivity contribution in [3.63, 3.8) is 0 Å². The number of nitrogens with zero attached hydrogens (tertiary/aromatic N) is 2. The Morgan fingerprint density at radius 3 is 2.73 bits per heavy atom. The summed E-state index contributed by atoms with van der Waals surface area (Å²) in [4.78, 5) is 19.5. The van der Waals surface area contributed by atoms with E-state index >= 15 is 0 Å². The van der Waals surface area contributed by atoms with E-state index in [4.69, 9.17) is 0 Å². The Morgan fingerprint density at radius 2 is 2.00 bits per heavy atom. The Balaban J connectivity index is 1.80. The molecule has 1 aliphatic rings. The van der Waals surface area contributed by atoms with E-state index in [1.807, 2.05) is 30.5 Å². The molecule has 0 spiro atoms. The first kappa shape index (κ1) is 18.4. The third kappa shape index (κ3) is 4.24. The lowest BCUT2D eigenvalue weighted by atomic mass is 9.86. The molecule has 0 bridgehead atoms. The molecule has 3 rings (SSSR count). The number of carbonyl (C=O) groups is 1. The first-order valence-corrected chi connectivity index (χ1v) is 9.45. The molecule has 1 N–H and O–H groups in total. The number of anilines is 2. The lowest BCUT2D eigenvalue weighted by Crippen LogP contribution is -2.34. The topological polar surface area (TPSA) is 45.2 Å². The minimum Gasteiger partial charge on any atom is -0.370 e. The van der Waals surface area contributed by atoms with Crippen LogP contribution in [0.4, 0.5) is 11.4 Å². The zero-order chi connectivity index (χ0) is 18.7. The molecule has 26 heavy (non-hydrogen) atoms. The highest BCUT2D eigenvalue weighted by Gasteiger charge is 2.20. The fourth-order valence-electron chi connectivity index (χ4n) is 3.59. The van der Waals surface area contributed by atoms with Crippen LogP contribution in [-0.4, -0.2) is 24.0 Å². The number of benzene rings is 1. The van der Waals surface area contributed by atoms with Gasteiger partial charge in [0, 0.05) is 25.0 Å². The third-order valence-corrected chi connectivity index (χ3v) is 4.99. The molecule has 1 aliphatic heterocycles. The Bertz CT molecular complexity index is 779. The summed E-state index contributed by atoms with van der Waals surface area (Å²) >= 11 is 0. The zero-order valence-electron chi connectivity index (χ0n) is 16.2. The van der Waals surface area contributed by atoms with Gasteiger partial charge >= 0.3 is 0 Å². The first-order chi connectivity index (χ1) is 12.3. The van der Waals surface area contributed by atoms with E-state index in [-0.39, 0.29) is 11.3 Å². The lowest BCUT2D eigenvalue weighted by molar-refractivity contribution is 0.102. The summed E-state index contributed by atoms with van der Waals surface area (Å²) in [7, 11) is 0. The molecule has 1 unspecified atom stereocenters. The van der Waals surface area contributed by atoms with Crippen LogP contribution in [0.2, 0.25) is 0 Å². The smallest absolute Gasteiger partial charge is 0.257 e. The van der Waals surface area contributed by atoms with Gasteiger partial charge in [-0.1, -0.05) is 45.9 Å². The van der Waals surface area contributed by atoms with Crippen LogP contribution in [0.1, 0.15) is 56.5 Å². The van der Waals surface area contributed by atoms with Gasteiger partial charge in [0.2, 0.25) is 0 Å². The molecule has 2 heterocycles. The molecule has 4 nitrogen and oxygen atoms in total. The molecule has 1 aromatic carbocycles. The molecular formula is C22H29N3O. The fourth-order valence-corrected chi connectivity index (χ4v) is 3.59. The Morgan fingerprint density at radius 1 is 1.23 bits per heavy atom. The number of hydrogen-bond donors (Lipinski definition) is 1. The molecule has 138 valence electrons. The number of aromatic nitrogens is 1. The number of nitrogens with one attached hydrogen (secondary N) is 1. The molecule has 1 fully saturated rings. The van der Waals surface area contributed by atoms with Crippen LogP contribution < -0.4 is 10.2 Å². The lowest BCUT2D eigenvalue weighted by Gasteiger charge is -2.32. The largest absolute Gasteiger partial charge is 0.370 e. The van der Waals surface area contributed by atoms with Crippen molar-refractivity contribution in [2.75, 3.05) is 23.3 Å². The predicted octanol–water partition coefficient (Wildman–Crippen LogP) is 4.87. The first-order valence-electron chi connectivity index (χ1n) is 9.45. The molecule has 1 atom stereocenters. The van der Waals surface area contributed by atoms with Gasteiger partial charge in [-0.2, -0.15) is 0 Å². The molecule has 0 saturated carbocycles. The standard InChI is InChI=1S/C22H29N3O/c1-16-8-7-11-25(15-16)18-12-17(13-23-14-18)21(26)24-20-10-6-5-9-19(20)22(2,3)4/h5-6,9-10,12-14,16H,7-8,11,15H2,1-4H3,(H,24,26). The highest BCUT2D eigenvalue weighted by atomic mass is 16.1. The third-order valence-electron chi connectivity index (χ3n) is 4.99. The summed E-state index contributed by atoms with van der Waals surface area (Å²) in [6, 6.07) is 9.95. The summed E-state index contributed by atoms with van der Waals surface area (Å²) in [5.41, 5.74) is 3.59. The van der Waals surface area contributed by atoms with E-state index < -0.39 is 0 Å². The maximum atomic E-state index is 12.8. The van der Waals surface area contributed by atoms with E-state index in [1.165, 1.54) is 12.8 Å². The Hall–Kier alpha value is -2.36. The van der Waals surface area contributed by atoms with Gasteiger partial charge in [0.1, 0.15) is 0 Å². The SMILES string of the molecule is CC1CCCN(c2cncc(C(=O)Nc3ccccc3C(C)(C)C)c2)C1. The molecule has 4 heteroatoms. The predicted molar refractivity (Wildman–Crippen MR) is 108 cm³/mol. The summed E-state index contributed by atoms with van der Waals surface area (Å²) in [6.07, 6.45) is 5.97. The van der Waals surface area contributed by atoms with Crippen molar-refractivity contribution in [3.8, 4) is 0 Å². The molecule has 1 amide bonds. The fraction of sp³-hybridized carbons (Fsp3) is 0.455. The van der Waals surface area contributed by atoms with Crippen molar-refractivity contribution in [1.29, 1.82) is 0 Å². The van der Waals surface area contributed by atoms with Gasteiger partial charge in [-0.15, -0.1) is 0 Å². The van der Waals surface area contributed by atoms with Gasteiger partial charge in [-0.25, -0.2) is 0 Å². The van der Waals surface area contributed by atoms with Crippen molar-refractivity contribution in [1.82, 2.24) is 4.98 Å². The monoisotopic (exact) mass is 351 g/mol. The van der Waals surface area contributed by atoms with Gasteiger partial charge in [0.15, 0.2) is 0 Å². The highest BCUT2D eigenvalue weighted by Crippen LogP contribution is 2.30. The van der Waals surface area contributed by atoms with Gasteiger partial charge < -0.3 is 10.2 Å². The number of amides is 1. The van der Waals surface area contributed by atoms with Crippen molar-refractivity contribution in [2.24, 2.45) is 5.92 Å². The van der Waals surface area contributed by atoms with Crippen LogP contribution in [0.25, 0.3) is 0 Å². The van der Waals surface area contributed by atoms with E-state index in [2.05, 4.69) is 49.0 Å². The van der Waals surface area contributed by atoms with Crippen molar-refractivity contribution < 1.29 is 4.79 Å². The van der Waals surface area contributed by atoms with Crippen LogP contribution in [0.15, 0.2) is 42.7 Å². The Kier molecular flexibility index (Phi) is 5.30. The van der Waals surface area contributed by atoms with Crippen molar-refractivity contribution in [3.05, 3.63) is 53.9 Å². The molecule has 0 aliphatic carbocycles. The summed E-state index contributed by atoms with van der Waals surface area (Å²) < 4.78 is 0. The number of para-hydroxylation sites is 1. The molecule has 1 saturated heterocycles. The number of carbonyl (C=O) groups excluding carboxylic acids is 1. The summed E-state index contributed by atoms with van der Waals surface area (Å²) in [5, 5.41) is 3.07. The highest BCUT2D eigenvalue weighted by molar-refractivity contribution is 6.05. The molecule has 0 radical (unpaired) electrons. The molecule has 2 aromatic rings. The van der Waals surface area contributed by atoms with Crippen LogP contribution >= 0.6 is 0 Å². The van der Waals surface area contributed by atoms with Gasteiger partial charge in [0.05, 0.1) is 17.4 Å². The van der Waals surface area contributed by atoms with E-state index in [1.54, 1.807) is 6.20 Å². The normalized spacial score (nSPS) is 17.8. The van der Waals surface area contributed by atoms with E-state index in [9.17, 15) is 4.79 Å². The van der Waals surface area contributed by atoms with Crippen LogP contribution in [-0.2, 0) is 5.41 Å². The average molecular weight is 351 g/mol. The van der Waals surface area contributed by atoms with Gasteiger partial charge in [0.25, 0.3) is 5.91 Å². The minimum atomic E-state index is -0.110. The second kappa shape index (κ2) is 7.48. The van der Waals surface area contributed by atoms with E-state index in [0.29, 0.717) is 11.5 Å². The van der Waals surface area contributed by atoms with Crippen molar-refractivity contribution >= 4 is 17.3 Å². The molecule has 1 aromatic heterocycles. The summed E-state index contributed by atoms with van der Waals surface area (Å²) in [6.45, 7) is 10.8. The van der Waals surface area contributed by atoms with E-state index in [0.717, 1.165) is 30.0 Å². The second-order valence-electron chi connectivity index (χ2n) is 8.37. The number of rotatable bonds is 3. The maximum Gasteiger partial charge on any atom is 0.257 e. The van der Waals surface area contributed by atoms with Crippen molar-refractivity contribution in [2.45, 2.75) is 46.0 Å². The van der Waals surface area contributed by atoms with Gasteiger partial charge in [-0.05, 0) is 41.9 Å². The molecular weight excluding hydrogens is 322 g/mol. The number of hydrogen-bond acceptors (Lipinski definition) is 3. The van der Waals surface area contributed by atoms with Crippen LogP contribution in [0, 0.1) is 5.92 Å².